The van der Waals surface area contributed by atoms with Crippen molar-refractivity contribution in [1.29, 1.82) is 0 Å². The topological polar surface area (TPSA) is 92.7 Å². The third-order valence-electron chi connectivity index (χ3n) is 2.57. The van der Waals surface area contributed by atoms with Gasteiger partial charge in [0.05, 0.1) is 10.6 Å². The summed E-state index contributed by atoms with van der Waals surface area (Å²) in [5, 5.41) is 8.87. The number of halogens is 1. The van der Waals surface area contributed by atoms with Crippen LogP contribution < -0.4 is 4.72 Å². The van der Waals surface area contributed by atoms with Gasteiger partial charge >= 0.3 is 5.97 Å². The Labute approximate surface area is 129 Å². The number of aromatic carboxylic acids is 1. The van der Waals surface area contributed by atoms with E-state index in [-0.39, 0.29) is 22.0 Å². The van der Waals surface area contributed by atoms with Gasteiger partial charge in [-0.1, -0.05) is 18.5 Å². The van der Waals surface area contributed by atoms with E-state index in [4.69, 9.17) is 21.4 Å². The number of benzene rings is 1. The molecule has 0 aromatic heterocycles. The Morgan fingerprint density at radius 3 is 2.71 bits per heavy atom. The molecule has 21 heavy (non-hydrogen) atoms. The van der Waals surface area contributed by atoms with Gasteiger partial charge in [-0.25, -0.2) is 17.9 Å². The first kappa shape index (κ1) is 17.9. The summed E-state index contributed by atoms with van der Waals surface area (Å²) in [6, 6.07) is 3.55. The van der Waals surface area contributed by atoms with E-state index >= 15 is 0 Å². The first-order chi connectivity index (χ1) is 9.88. The maximum absolute atomic E-state index is 12.1. The number of ether oxygens (including phenoxy) is 1. The monoisotopic (exact) mass is 335 g/mol. The summed E-state index contributed by atoms with van der Waals surface area (Å²) in [5.74, 6) is -1.21. The zero-order valence-electron chi connectivity index (χ0n) is 11.6. The molecule has 0 radical (unpaired) electrons. The van der Waals surface area contributed by atoms with Crippen LogP contribution in [0.4, 0.5) is 0 Å². The Morgan fingerprint density at radius 2 is 2.10 bits per heavy atom. The summed E-state index contributed by atoms with van der Waals surface area (Å²) in [5.41, 5.74) is -0.133. The molecule has 0 saturated heterocycles. The molecule has 0 unspecified atom stereocenters. The SMILES string of the molecule is CCCOCCCNS(=O)(=O)c1cc(C(=O)O)ccc1Cl. The number of carboxylic acid groups (broad SMARTS) is 1. The second-order valence-electron chi connectivity index (χ2n) is 4.31. The molecule has 0 aliphatic rings. The lowest BCUT2D eigenvalue weighted by Crippen LogP contribution is -2.26. The number of carbonyl (C=O) groups is 1. The van der Waals surface area contributed by atoms with Crippen molar-refractivity contribution in [2.24, 2.45) is 0 Å². The van der Waals surface area contributed by atoms with Crippen LogP contribution in [0.25, 0.3) is 0 Å². The van der Waals surface area contributed by atoms with Crippen molar-refractivity contribution in [3.8, 4) is 0 Å². The minimum atomic E-state index is -3.84. The first-order valence-electron chi connectivity index (χ1n) is 6.48. The smallest absolute Gasteiger partial charge is 0.335 e. The average Bonchev–Trinajstić information content (AvgIpc) is 2.42. The normalized spacial score (nSPS) is 11.5. The molecule has 1 aromatic carbocycles. The van der Waals surface area contributed by atoms with Crippen LogP contribution in [0.2, 0.25) is 5.02 Å². The predicted octanol–water partition coefficient (Wildman–Crippen LogP) is 2.13. The summed E-state index contributed by atoms with van der Waals surface area (Å²) >= 11 is 5.83. The summed E-state index contributed by atoms with van der Waals surface area (Å²) < 4.78 is 31.8. The molecule has 0 bridgehead atoms. The molecule has 6 nitrogen and oxygen atoms in total. The lowest BCUT2D eigenvalue weighted by atomic mass is 10.2. The molecule has 0 fully saturated rings. The van der Waals surface area contributed by atoms with E-state index < -0.39 is 16.0 Å². The maximum Gasteiger partial charge on any atom is 0.335 e. The van der Waals surface area contributed by atoms with E-state index in [1.54, 1.807) is 0 Å². The van der Waals surface area contributed by atoms with Crippen LogP contribution in [0.15, 0.2) is 23.1 Å². The van der Waals surface area contributed by atoms with E-state index in [0.29, 0.717) is 19.6 Å². The van der Waals surface area contributed by atoms with E-state index in [1.165, 1.54) is 12.1 Å². The molecule has 1 rings (SSSR count). The second kappa shape index (κ2) is 8.33. The van der Waals surface area contributed by atoms with Crippen molar-refractivity contribution in [2.45, 2.75) is 24.7 Å². The Bertz CT molecular complexity index is 588. The molecule has 0 aliphatic carbocycles. The van der Waals surface area contributed by atoms with Crippen molar-refractivity contribution in [3.63, 3.8) is 0 Å². The number of sulfonamides is 1. The predicted molar refractivity (Wildman–Crippen MR) is 79.3 cm³/mol. The molecular weight excluding hydrogens is 318 g/mol. The lowest BCUT2D eigenvalue weighted by molar-refractivity contribution is 0.0696. The van der Waals surface area contributed by atoms with Gasteiger partial charge in [0.1, 0.15) is 4.90 Å². The molecule has 0 amide bonds. The number of hydrogen-bond donors (Lipinski definition) is 2. The van der Waals surface area contributed by atoms with E-state index in [0.717, 1.165) is 12.5 Å². The fraction of sp³-hybridized carbons (Fsp3) is 0.462. The van der Waals surface area contributed by atoms with E-state index in [9.17, 15) is 13.2 Å². The molecule has 0 aliphatic heterocycles. The van der Waals surface area contributed by atoms with Crippen LogP contribution in [-0.4, -0.2) is 39.3 Å². The minimum Gasteiger partial charge on any atom is -0.478 e. The summed E-state index contributed by atoms with van der Waals surface area (Å²) in [6.45, 7) is 3.28. The third-order valence-corrected chi connectivity index (χ3v) is 4.52. The standard InChI is InChI=1S/C13H18ClNO5S/c1-2-7-20-8-3-6-15-21(18,19)12-9-10(13(16)17)4-5-11(12)14/h4-5,9,15H,2-3,6-8H2,1H3,(H,16,17). The molecule has 0 saturated carbocycles. The van der Waals surface area contributed by atoms with Gasteiger partial charge in [0, 0.05) is 19.8 Å². The zero-order valence-corrected chi connectivity index (χ0v) is 13.2. The number of rotatable bonds is 9. The van der Waals surface area contributed by atoms with E-state index in [2.05, 4.69) is 4.72 Å². The van der Waals surface area contributed by atoms with Gasteiger partial charge in [0.15, 0.2) is 0 Å². The maximum atomic E-state index is 12.1. The Hall–Kier alpha value is -1.15. The van der Waals surface area contributed by atoms with Crippen LogP contribution in [0.5, 0.6) is 0 Å². The molecule has 0 atom stereocenters. The lowest BCUT2D eigenvalue weighted by Gasteiger charge is -2.09. The Balaban J connectivity index is 2.70. The fourth-order valence-corrected chi connectivity index (χ4v) is 3.14. The van der Waals surface area contributed by atoms with Crippen molar-refractivity contribution in [1.82, 2.24) is 4.72 Å². The molecule has 8 heteroatoms. The van der Waals surface area contributed by atoms with Crippen LogP contribution in [0.1, 0.15) is 30.1 Å². The van der Waals surface area contributed by atoms with Gasteiger partial charge in [-0.15, -0.1) is 0 Å². The summed E-state index contributed by atoms with van der Waals surface area (Å²) in [7, 11) is -3.84. The highest BCUT2D eigenvalue weighted by atomic mass is 35.5. The molecule has 0 spiro atoms. The summed E-state index contributed by atoms with van der Waals surface area (Å²) in [4.78, 5) is 10.6. The average molecular weight is 336 g/mol. The molecular formula is C13H18ClNO5S. The molecule has 1 aromatic rings. The van der Waals surface area contributed by atoms with Crippen LogP contribution >= 0.6 is 11.6 Å². The quantitative estimate of drug-likeness (QED) is 0.674. The zero-order chi connectivity index (χ0) is 15.9. The number of carboxylic acids is 1. The van der Waals surface area contributed by atoms with Crippen molar-refractivity contribution < 1.29 is 23.1 Å². The Morgan fingerprint density at radius 1 is 1.38 bits per heavy atom. The van der Waals surface area contributed by atoms with Gasteiger partial charge in [-0.2, -0.15) is 0 Å². The Kier molecular flexibility index (Phi) is 7.10. The van der Waals surface area contributed by atoms with Crippen LogP contribution in [0.3, 0.4) is 0 Å². The highest BCUT2D eigenvalue weighted by Crippen LogP contribution is 2.22. The highest BCUT2D eigenvalue weighted by Gasteiger charge is 2.19. The molecule has 2 N–H and O–H groups in total. The highest BCUT2D eigenvalue weighted by molar-refractivity contribution is 7.89. The largest absolute Gasteiger partial charge is 0.478 e. The summed E-state index contributed by atoms with van der Waals surface area (Å²) in [6.07, 6.45) is 1.43. The van der Waals surface area contributed by atoms with Crippen molar-refractivity contribution >= 4 is 27.6 Å². The van der Waals surface area contributed by atoms with Gasteiger partial charge in [-0.3, -0.25) is 0 Å². The van der Waals surface area contributed by atoms with Crippen LogP contribution in [-0.2, 0) is 14.8 Å². The van der Waals surface area contributed by atoms with Crippen molar-refractivity contribution in [2.75, 3.05) is 19.8 Å². The number of hydrogen-bond acceptors (Lipinski definition) is 4. The molecule has 118 valence electrons. The third kappa shape index (κ3) is 5.62. The van der Waals surface area contributed by atoms with E-state index in [1.807, 2.05) is 6.92 Å². The van der Waals surface area contributed by atoms with Crippen molar-refractivity contribution in [3.05, 3.63) is 28.8 Å². The van der Waals surface area contributed by atoms with Gasteiger partial charge in [0.25, 0.3) is 0 Å². The van der Waals surface area contributed by atoms with Gasteiger partial charge in [-0.05, 0) is 31.0 Å². The molecule has 0 heterocycles. The van der Waals surface area contributed by atoms with Gasteiger partial charge in [0.2, 0.25) is 10.0 Å². The number of nitrogens with one attached hydrogen (secondary N) is 1. The van der Waals surface area contributed by atoms with Crippen LogP contribution in [0, 0.1) is 0 Å². The first-order valence-corrected chi connectivity index (χ1v) is 8.35. The van der Waals surface area contributed by atoms with Gasteiger partial charge < -0.3 is 9.84 Å². The fourth-order valence-electron chi connectivity index (χ4n) is 1.55. The second-order valence-corrected chi connectivity index (χ2v) is 6.46. The minimum absolute atomic E-state index is 0.0188.